The Kier molecular flexibility index (Phi) is 3.62. The summed E-state index contributed by atoms with van der Waals surface area (Å²) in [5, 5.41) is 11.7. The molecule has 0 spiro atoms. The van der Waals surface area contributed by atoms with Crippen LogP contribution >= 0.6 is 0 Å². The van der Waals surface area contributed by atoms with Crippen LogP contribution in [-0.2, 0) is 0 Å². The summed E-state index contributed by atoms with van der Waals surface area (Å²) in [4.78, 5) is 16.1. The van der Waals surface area contributed by atoms with Gasteiger partial charge in [-0.25, -0.2) is 4.98 Å². The van der Waals surface area contributed by atoms with Gasteiger partial charge in [0.05, 0.1) is 0 Å². The number of pyridine rings is 1. The second kappa shape index (κ2) is 5.18. The van der Waals surface area contributed by atoms with E-state index in [0.717, 1.165) is 11.3 Å². The second-order valence-electron chi connectivity index (χ2n) is 4.52. The van der Waals surface area contributed by atoms with Crippen molar-refractivity contribution in [3.63, 3.8) is 0 Å². The molecule has 0 aliphatic heterocycles. The number of fused-ring (bicyclic) bond motifs is 1. The molecule has 0 aromatic carbocycles. The first kappa shape index (κ1) is 12.6. The number of carbonyl (C=O) groups is 1. The van der Waals surface area contributed by atoms with E-state index in [-0.39, 0.29) is 18.4 Å². The molecule has 0 bridgehead atoms. The molecule has 1 amide bonds. The van der Waals surface area contributed by atoms with Crippen LogP contribution in [-0.4, -0.2) is 33.6 Å². The number of aromatic nitrogens is 2. The zero-order valence-electron chi connectivity index (χ0n) is 10.6. The van der Waals surface area contributed by atoms with Crippen LogP contribution in [0.3, 0.4) is 0 Å². The molecule has 2 aromatic rings. The van der Waals surface area contributed by atoms with Gasteiger partial charge in [-0.1, -0.05) is 13.0 Å². The fraction of sp³-hybridized carbons (Fsp3) is 0.385. The van der Waals surface area contributed by atoms with Crippen molar-refractivity contribution in [2.45, 2.75) is 13.8 Å². The van der Waals surface area contributed by atoms with Gasteiger partial charge in [0.1, 0.15) is 11.3 Å². The van der Waals surface area contributed by atoms with E-state index in [1.165, 1.54) is 0 Å². The first-order valence-corrected chi connectivity index (χ1v) is 5.95. The Morgan fingerprint density at radius 3 is 3.00 bits per heavy atom. The van der Waals surface area contributed by atoms with Crippen molar-refractivity contribution in [3.05, 3.63) is 35.8 Å². The summed E-state index contributed by atoms with van der Waals surface area (Å²) in [5.74, 6) is -0.161. The SMILES string of the molecule is Cc1cccc2nc(C(=O)NCC(C)CO)cn12. The number of amides is 1. The monoisotopic (exact) mass is 247 g/mol. The third-order valence-corrected chi connectivity index (χ3v) is 2.85. The molecule has 5 nitrogen and oxygen atoms in total. The molecule has 0 radical (unpaired) electrons. The Balaban J connectivity index is 2.16. The normalized spacial score (nSPS) is 12.6. The molecule has 2 heterocycles. The number of hydrogen-bond donors (Lipinski definition) is 2. The number of aryl methyl sites for hydroxylation is 1. The van der Waals surface area contributed by atoms with Gasteiger partial charge < -0.3 is 14.8 Å². The number of carbonyl (C=O) groups excluding carboxylic acids is 1. The number of nitrogens with zero attached hydrogens (tertiary/aromatic N) is 2. The lowest BCUT2D eigenvalue weighted by atomic mass is 10.2. The van der Waals surface area contributed by atoms with Gasteiger partial charge in [-0.05, 0) is 25.0 Å². The number of hydrogen-bond acceptors (Lipinski definition) is 3. The molecule has 1 unspecified atom stereocenters. The van der Waals surface area contributed by atoms with Gasteiger partial charge in [0.2, 0.25) is 0 Å². The molecule has 96 valence electrons. The van der Waals surface area contributed by atoms with E-state index in [0.29, 0.717) is 12.2 Å². The smallest absolute Gasteiger partial charge is 0.271 e. The number of imidazole rings is 1. The van der Waals surface area contributed by atoms with Crippen molar-refractivity contribution in [3.8, 4) is 0 Å². The lowest BCUT2D eigenvalue weighted by Crippen LogP contribution is -2.29. The maximum Gasteiger partial charge on any atom is 0.271 e. The predicted molar refractivity (Wildman–Crippen MR) is 68.5 cm³/mol. The minimum absolute atomic E-state index is 0.0488. The molecule has 5 heteroatoms. The van der Waals surface area contributed by atoms with E-state index in [9.17, 15) is 4.79 Å². The highest BCUT2D eigenvalue weighted by molar-refractivity contribution is 5.92. The average molecular weight is 247 g/mol. The molecule has 0 saturated carbocycles. The summed E-state index contributed by atoms with van der Waals surface area (Å²) < 4.78 is 1.88. The summed E-state index contributed by atoms with van der Waals surface area (Å²) >= 11 is 0. The third kappa shape index (κ3) is 2.51. The van der Waals surface area contributed by atoms with Crippen LogP contribution in [0.5, 0.6) is 0 Å². The van der Waals surface area contributed by atoms with Crippen LogP contribution in [0.4, 0.5) is 0 Å². The van der Waals surface area contributed by atoms with Gasteiger partial charge in [-0.15, -0.1) is 0 Å². The topological polar surface area (TPSA) is 66.6 Å². The van der Waals surface area contributed by atoms with Gasteiger partial charge in [-0.3, -0.25) is 4.79 Å². The van der Waals surface area contributed by atoms with Gasteiger partial charge in [0, 0.05) is 25.0 Å². The minimum Gasteiger partial charge on any atom is -0.396 e. The molecule has 2 N–H and O–H groups in total. The van der Waals surface area contributed by atoms with Crippen molar-refractivity contribution < 1.29 is 9.90 Å². The number of aliphatic hydroxyl groups is 1. The predicted octanol–water partition coefficient (Wildman–Crippen LogP) is 1.00. The van der Waals surface area contributed by atoms with E-state index >= 15 is 0 Å². The van der Waals surface area contributed by atoms with E-state index < -0.39 is 0 Å². The van der Waals surface area contributed by atoms with Crippen LogP contribution in [0.1, 0.15) is 23.1 Å². The van der Waals surface area contributed by atoms with Crippen molar-refractivity contribution in [2.75, 3.05) is 13.2 Å². The molecular weight excluding hydrogens is 230 g/mol. The molecule has 2 rings (SSSR count). The fourth-order valence-electron chi connectivity index (χ4n) is 1.68. The standard InChI is InChI=1S/C13H17N3O2/c1-9(8-17)6-14-13(18)11-7-16-10(2)4-3-5-12(16)15-11/h3-5,7,9,17H,6,8H2,1-2H3,(H,14,18). The Hall–Kier alpha value is -1.88. The Morgan fingerprint density at radius 2 is 2.33 bits per heavy atom. The zero-order chi connectivity index (χ0) is 13.1. The van der Waals surface area contributed by atoms with Crippen molar-refractivity contribution in [2.24, 2.45) is 5.92 Å². The quantitative estimate of drug-likeness (QED) is 0.847. The molecule has 0 fully saturated rings. The molecule has 1 atom stereocenters. The minimum atomic E-state index is -0.210. The van der Waals surface area contributed by atoms with Crippen LogP contribution < -0.4 is 5.32 Å². The van der Waals surface area contributed by atoms with E-state index in [4.69, 9.17) is 5.11 Å². The highest BCUT2D eigenvalue weighted by Gasteiger charge is 2.12. The number of rotatable bonds is 4. The number of nitrogens with one attached hydrogen (secondary N) is 1. The summed E-state index contributed by atoms with van der Waals surface area (Å²) in [7, 11) is 0. The van der Waals surface area contributed by atoms with Crippen LogP contribution in [0.25, 0.3) is 5.65 Å². The summed E-state index contributed by atoms with van der Waals surface area (Å²) in [6.07, 6.45) is 1.73. The van der Waals surface area contributed by atoms with Crippen LogP contribution in [0.2, 0.25) is 0 Å². The lowest BCUT2D eigenvalue weighted by Gasteiger charge is -2.07. The van der Waals surface area contributed by atoms with E-state index in [2.05, 4.69) is 10.3 Å². The van der Waals surface area contributed by atoms with Gasteiger partial charge >= 0.3 is 0 Å². The highest BCUT2D eigenvalue weighted by atomic mass is 16.3. The fourth-order valence-corrected chi connectivity index (χ4v) is 1.68. The van der Waals surface area contributed by atoms with E-state index in [1.807, 2.05) is 36.4 Å². The molecule has 0 aliphatic carbocycles. The zero-order valence-corrected chi connectivity index (χ0v) is 10.6. The summed E-state index contributed by atoms with van der Waals surface area (Å²) in [5.41, 5.74) is 2.19. The Morgan fingerprint density at radius 1 is 1.56 bits per heavy atom. The van der Waals surface area contributed by atoms with Crippen molar-refractivity contribution in [1.82, 2.24) is 14.7 Å². The van der Waals surface area contributed by atoms with Crippen molar-refractivity contribution >= 4 is 11.6 Å². The molecule has 2 aromatic heterocycles. The van der Waals surface area contributed by atoms with Gasteiger partial charge in [0.15, 0.2) is 0 Å². The van der Waals surface area contributed by atoms with E-state index in [1.54, 1.807) is 6.20 Å². The molecule has 0 aliphatic rings. The van der Waals surface area contributed by atoms with Gasteiger partial charge in [0.25, 0.3) is 5.91 Å². The summed E-state index contributed by atoms with van der Waals surface area (Å²) in [6, 6.07) is 5.73. The number of aliphatic hydroxyl groups excluding tert-OH is 1. The highest BCUT2D eigenvalue weighted by Crippen LogP contribution is 2.08. The molecule has 18 heavy (non-hydrogen) atoms. The Bertz CT molecular complexity index is 562. The largest absolute Gasteiger partial charge is 0.396 e. The van der Waals surface area contributed by atoms with Crippen molar-refractivity contribution in [1.29, 1.82) is 0 Å². The molecule has 0 saturated heterocycles. The Labute approximate surface area is 105 Å². The van der Waals surface area contributed by atoms with Crippen LogP contribution in [0.15, 0.2) is 24.4 Å². The first-order chi connectivity index (χ1) is 8.61. The third-order valence-electron chi connectivity index (χ3n) is 2.85. The second-order valence-corrected chi connectivity index (χ2v) is 4.52. The first-order valence-electron chi connectivity index (χ1n) is 5.95. The lowest BCUT2D eigenvalue weighted by molar-refractivity contribution is 0.0938. The summed E-state index contributed by atoms with van der Waals surface area (Å²) in [6.45, 7) is 4.34. The average Bonchev–Trinajstić information content (AvgIpc) is 2.81. The van der Waals surface area contributed by atoms with Gasteiger partial charge in [-0.2, -0.15) is 0 Å². The maximum absolute atomic E-state index is 11.9. The molecular formula is C13H17N3O2. The van der Waals surface area contributed by atoms with Crippen LogP contribution in [0, 0.1) is 12.8 Å². The maximum atomic E-state index is 11.9.